The first-order valence-corrected chi connectivity index (χ1v) is 8.56. The summed E-state index contributed by atoms with van der Waals surface area (Å²) in [4.78, 5) is 4.60. The largest absolute Gasteiger partial charge is 0.487 e. The second-order valence-electron chi connectivity index (χ2n) is 5.06. The van der Waals surface area contributed by atoms with E-state index in [1.54, 1.807) is 11.3 Å². The smallest absolute Gasteiger partial charge is 0.131 e. The molecule has 1 aromatic carbocycles. The molecule has 4 heteroatoms. The number of nitrogens with one attached hydrogen (secondary N) is 1. The first-order chi connectivity index (χ1) is 10.3. The van der Waals surface area contributed by atoms with Gasteiger partial charge in [-0.25, -0.2) is 4.98 Å². The summed E-state index contributed by atoms with van der Waals surface area (Å²) in [5, 5.41) is 6.72. The average molecular weight is 304 g/mol. The lowest BCUT2D eigenvalue weighted by molar-refractivity contribution is 0.298. The van der Waals surface area contributed by atoms with Gasteiger partial charge in [-0.2, -0.15) is 0 Å². The van der Waals surface area contributed by atoms with Crippen molar-refractivity contribution in [3.8, 4) is 5.75 Å². The van der Waals surface area contributed by atoms with E-state index in [-0.39, 0.29) is 0 Å². The third kappa shape index (κ3) is 5.14. The van der Waals surface area contributed by atoms with E-state index in [2.05, 4.69) is 41.7 Å². The molecule has 0 saturated carbocycles. The minimum atomic E-state index is 0.547. The molecule has 0 amide bonds. The molecule has 1 N–H and O–H groups in total. The van der Waals surface area contributed by atoms with Gasteiger partial charge in [-0.1, -0.05) is 32.0 Å². The SMILES string of the molecule is CCCNCc1ccccc1OCc1csc(CCC)n1. The highest BCUT2D eigenvalue weighted by Gasteiger charge is 2.05. The molecule has 2 aromatic rings. The molecule has 0 aliphatic heterocycles. The van der Waals surface area contributed by atoms with Gasteiger partial charge in [-0.15, -0.1) is 11.3 Å². The maximum absolute atomic E-state index is 5.95. The van der Waals surface area contributed by atoms with E-state index in [4.69, 9.17) is 4.74 Å². The highest BCUT2D eigenvalue weighted by Crippen LogP contribution is 2.20. The number of ether oxygens (including phenoxy) is 1. The van der Waals surface area contributed by atoms with Crippen LogP contribution in [-0.2, 0) is 19.6 Å². The van der Waals surface area contributed by atoms with Crippen molar-refractivity contribution in [2.45, 2.75) is 46.3 Å². The topological polar surface area (TPSA) is 34.1 Å². The van der Waals surface area contributed by atoms with Crippen LogP contribution in [0.4, 0.5) is 0 Å². The Hall–Kier alpha value is -1.39. The Labute approximate surface area is 131 Å². The normalized spacial score (nSPS) is 10.8. The van der Waals surface area contributed by atoms with Gasteiger partial charge in [-0.05, 0) is 31.9 Å². The number of aryl methyl sites for hydroxylation is 1. The number of thiazole rings is 1. The van der Waals surface area contributed by atoms with Gasteiger partial charge >= 0.3 is 0 Å². The van der Waals surface area contributed by atoms with Crippen LogP contribution in [0.5, 0.6) is 5.75 Å². The van der Waals surface area contributed by atoms with Crippen molar-refractivity contribution in [3.63, 3.8) is 0 Å². The van der Waals surface area contributed by atoms with E-state index in [0.29, 0.717) is 6.61 Å². The van der Waals surface area contributed by atoms with Gasteiger partial charge in [-0.3, -0.25) is 0 Å². The van der Waals surface area contributed by atoms with E-state index in [1.165, 1.54) is 10.6 Å². The van der Waals surface area contributed by atoms with Gasteiger partial charge in [0.15, 0.2) is 0 Å². The molecule has 0 atom stereocenters. The number of hydrogen-bond donors (Lipinski definition) is 1. The van der Waals surface area contributed by atoms with Crippen LogP contribution in [-0.4, -0.2) is 11.5 Å². The zero-order valence-electron chi connectivity index (χ0n) is 12.9. The molecule has 2 rings (SSSR count). The van der Waals surface area contributed by atoms with Gasteiger partial charge in [0.2, 0.25) is 0 Å². The van der Waals surface area contributed by atoms with E-state index >= 15 is 0 Å². The lowest BCUT2D eigenvalue weighted by Gasteiger charge is -2.11. The quantitative estimate of drug-likeness (QED) is 0.706. The molecule has 21 heavy (non-hydrogen) atoms. The summed E-state index contributed by atoms with van der Waals surface area (Å²) in [6, 6.07) is 8.21. The molecule has 0 fully saturated rings. The summed E-state index contributed by atoms with van der Waals surface area (Å²) in [6.07, 6.45) is 3.34. The Morgan fingerprint density at radius 2 is 2.05 bits per heavy atom. The fraction of sp³-hybridized carbons (Fsp3) is 0.471. The van der Waals surface area contributed by atoms with Crippen molar-refractivity contribution in [2.75, 3.05) is 6.54 Å². The Kier molecular flexibility index (Phi) is 6.70. The summed E-state index contributed by atoms with van der Waals surface area (Å²) in [5.74, 6) is 0.950. The number of rotatable bonds is 9. The van der Waals surface area contributed by atoms with Gasteiger partial charge in [0.1, 0.15) is 12.4 Å². The van der Waals surface area contributed by atoms with E-state index < -0.39 is 0 Å². The maximum Gasteiger partial charge on any atom is 0.131 e. The first-order valence-electron chi connectivity index (χ1n) is 7.68. The summed E-state index contributed by atoms with van der Waals surface area (Å²) in [7, 11) is 0. The lowest BCUT2D eigenvalue weighted by atomic mass is 10.2. The highest BCUT2D eigenvalue weighted by molar-refractivity contribution is 7.09. The summed E-state index contributed by atoms with van der Waals surface area (Å²) in [6.45, 7) is 6.77. The second-order valence-corrected chi connectivity index (χ2v) is 6.00. The van der Waals surface area contributed by atoms with E-state index in [0.717, 1.165) is 43.8 Å². The Morgan fingerprint density at radius 3 is 2.86 bits per heavy atom. The Bertz CT molecular complexity index is 539. The lowest BCUT2D eigenvalue weighted by Crippen LogP contribution is -2.14. The van der Waals surface area contributed by atoms with Crippen LogP contribution in [0.25, 0.3) is 0 Å². The summed E-state index contributed by atoms with van der Waals surface area (Å²) in [5.41, 5.74) is 2.23. The molecule has 0 radical (unpaired) electrons. The predicted molar refractivity (Wildman–Crippen MR) is 88.9 cm³/mol. The molecular weight excluding hydrogens is 280 g/mol. The van der Waals surface area contributed by atoms with Crippen LogP contribution in [0.3, 0.4) is 0 Å². The minimum Gasteiger partial charge on any atom is -0.487 e. The maximum atomic E-state index is 5.95. The fourth-order valence-corrected chi connectivity index (χ4v) is 2.97. The van der Waals surface area contributed by atoms with E-state index in [1.807, 2.05) is 12.1 Å². The third-order valence-electron chi connectivity index (χ3n) is 3.15. The van der Waals surface area contributed by atoms with Crippen molar-refractivity contribution >= 4 is 11.3 Å². The molecule has 0 unspecified atom stereocenters. The predicted octanol–water partition coefficient (Wildman–Crippen LogP) is 4.17. The summed E-state index contributed by atoms with van der Waals surface area (Å²) >= 11 is 1.73. The van der Waals surface area contributed by atoms with Crippen molar-refractivity contribution in [2.24, 2.45) is 0 Å². The number of benzene rings is 1. The van der Waals surface area contributed by atoms with Crippen LogP contribution in [0.2, 0.25) is 0 Å². The number of hydrogen-bond acceptors (Lipinski definition) is 4. The van der Waals surface area contributed by atoms with Crippen LogP contribution in [0.1, 0.15) is 43.0 Å². The van der Waals surface area contributed by atoms with Crippen molar-refractivity contribution in [1.29, 1.82) is 0 Å². The molecule has 0 bridgehead atoms. The third-order valence-corrected chi connectivity index (χ3v) is 4.11. The summed E-state index contributed by atoms with van der Waals surface area (Å²) < 4.78 is 5.95. The molecule has 114 valence electrons. The molecule has 3 nitrogen and oxygen atoms in total. The van der Waals surface area contributed by atoms with Crippen LogP contribution in [0, 0.1) is 0 Å². The Morgan fingerprint density at radius 1 is 1.19 bits per heavy atom. The highest BCUT2D eigenvalue weighted by atomic mass is 32.1. The molecular formula is C17H24N2OS. The van der Waals surface area contributed by atoms with Crippen LogP contribution in [0.15, 0.2) is 29.6 Å². The molecule has 1 heterocycles. The van der Waals surface area contributed by atoms with Gasteiger partial charge in [0, 0.05) is 17.5 Å². The Balaban J connectivity index is 1.92. The number of nitrogens with zero attached hydrogens (tertiary/aromatic N) is 1. The molecule has 0 aliphatic carbocycles. The zero-order chi connectivity index (χ0) is 14.9. The van der Waals surface area contributed by atoms with Crippen LogP contribution < -0.4 is 10.1 Å². The second kappa shape index (κ2) is 8.80. The average Bonchev–Trinajstić information content (AvgIpc) is 2.95. The van der Waals surface area contributed by atoms with Crippen molar-refractivity contribution in [3.05, 3.63) is 45.9 Å². The molecule has 0 aliphatic rings. The zero-order valence-corrected chi connectivity index (χ0v) is 13.7. The number of para-hydroxylation sites is 1. The molecule has 0 saturated heterocycles. The van der Waals surface area contributed by atoms with Gasteiger partial charge in [0.25, 0.3) is 0 Å². The molecule has 1 aromatic heterocycles. The van der Waals surface area contributed by atoms with Gasteiger partial charge < -0.3 is 10.1 Å². The molecule has 0 spiro atoms. The van der Waals surface area contributed by atoms with Crippen molar-refractivity contribution < 1.29 is 4.74 Å². The first kappa shape index (κ1) is 16.0. The fourth-order valence-electron chi connectivity index (χ4n) is 2.09. The number of aromatic nitrogens is 1. The van der Waals surface area contributed by atoms with Crippen LogP contribution >= 0.6 is 11.3 Å². The van der Waals surface area contributed by atoms with E-state index in [9.17, 15) is 0 Å². The monoisotopic (exact) mass is 304 g/mol. The minimum absolute atomic E-state index is 0.547. The standard InChI is InChI=1S/C17H24N2OS/c1-3-7-17-19-15(13-21-17)12-20-16-9-6-5-8-14(16)11-18-10-4-2/h5-6,8-9,13,18H,3-4,7,10-12H2,1-2H3. The van der Waals surface area contributed by atoms with Crippen molar-refractivity contribution in [1.82, 2.24) is 10.3 Å². The van der Waals surface area contributed by atoms with Gasteiger partial charge in [0.05, 0.1) is 10.7 Å².